The van der Waals surface area contributed by atoms with E-state index in [1.807, 2.05) is 26.8 Å². The van der Waals surface area contributed by atoms with E-state index < -0.39 is 33.3 Å². The molecule has 0 bridgehead atoms. The molecule has 0 amide bonds. The van der Waals surface area contributed by atoms with Crippen molar-refractivity contribution in [1.82, 2.24) is 9.71 Å². The van der Waals surface area contributed by atoms with Crippen LogP contribution in [0.25, 0.3) is 22.1 Å². The van der Waals surface area contributed by atoms with E-state index in [0.29, 0.717) is 28.0 Å². The van der Waals surface area contributed by atoms with Gasteiger partial charge in [-0.05, 0) is 68.8 Å². The Balaban J connectivity index is 0.00000420. The second-order valence-electron chi connectivity index (χ2n) is 9.60. The van der Waals surface area contributed by atoms with Crippen LogP contribution >= 0.6 is 0 Å². The number of aromatic nitrogens is 1. The van der Waals surface area contributed by atoms with Crippen molar-refractivity contribution < 1.29 is 33.1 Å². The van der Waals surface area contributed by atoms with E-state index in [9.17, 15) is 13.4 Å². The van der Waals surface area contributed by atoms with Crippen molar-refractivity contribution in [3.05, 3.63) is 83.4 Å². The lowest BCUT2D eigenvalue weighted by Crippen LogP contribution is -2.33. The van der Waals surface area contributed by atoms with Gasteiger partial charge in [0.1, 0.15) is 23.8 Å². The summed E-state index contributed by atoms with van der Waals surface area (Å²) in [6.07, 6.45) is 2.86. The Kier molecular flexibility index (Phi) is 8.23. The van der Waals surface area contributed by atoms with Crippen molar-refractivity contribution in [1.29, 1.82) is 0 Å². The van der Waals surface area contributed by atoms with E-state index in [1.165, 1.54) is 37.8 Å². The van der Waals surface area contributed by atoms with Gasteiger partial charge < -0.3 is 13.9 Å². The fourth-order valence-electron chi connectivity index (χ4n) is 3.81. The molecule has 1 unspecified atom stereocenters. The quantitative estimate of drug-likeness (QED) is 0.265. The fourth-order valence-corrected chi connectivity index (χ4v) is 4.51. The molecule has 0 aliphatic heterocycles. The van der Waals surface area contributed by atoms with Crippen molar-refractivity contribution >= 4 is 27.9 Å². The number of carbonyl (C=O) groups is 1. The van der Waals surface area contributed by atoms with Crippen molar-refractivity contribution in [3.8, 4) is 16.9 Å². The SMILES string of the molecule is COC(=O)Cc1cc(F)ccc1OCc1cc(-c2ccnc(CNS(=O)C(C)(C)C)c2F)c2occc2c1.[HH]. The molecule has 0 saturated heterocycles. The highest BCUT2D eigenvalue weighted by molar-refractivity contribution is 7.84. The van der Waals surface area contributed by atoms with E-state index in [0.717, 1.165) is 5.39 Å². The van der Waals surface area contributed by atoms with Gasteiger partial charge in [-0.1, -0.05) is 0 Å². The van der Waals surface area contributed by atoms with Crippen LogP contribution in [0, 0.1) is 11.6 Å². The second-order valence-corrected chi connectivity index (χ2v) is 11.6. The summed E-state index contributed by atoms with van der Waals surface area (Å²) in [4.78, 5) is 15.9. The maximum atomic E-state index is 15.6. The van der Waals surface area contributed by atoms with E-state index in [1.54, 1.807) is 18.2 Å². The van der Waals surface area contributed by atoms with Crippen molar-refractivity contribution in [3.63, 3.8) is 0 Å². The van der Waals surface area contributed by atoms with E-state index in [2.05, 4.69) is 9.71 Å². The van der Waals surface area contributed by atoms with Gasteiger partial charge >= 0.3 is 5.97 Å². The van der Waals surface area contributed by atoms with Gasteiger partial charge in [0.05, 0.1) is 47.8 Å². The molecule has 0 spiro atoms. The van der Waals surface area contributed by atoms with Gasteiger partial charge in [-0.25, -0.2) is 17.7 Å². The van der Waals surface area contributed by atoms with Crippen LogP contribution in [0.4, 0.5) is 8.78 Å². The summed E-state index contributed by atoms with van der Waals surface area (Å²) in [6.45, 7) is 5.52. The molecule has 2 heterocycles. The molecule has 0 saturated carbocycles. The summed E-state index contributed by atoms with van der Waals surface area (Å²) in [5, 5.41) is 0.736. The number of furan rings is 1. The van der Waals surface area contributed by atoms with Crippen LogP contribution in [0.3, 0.4) is 0 Å². The van der Waals surface area contributed by atoms with Gasteiger partial charge in [-0.15, -0.1) is 0 Å². The molecule has 0 aliphatic carbocycles. The number of nitrogens with one attached hydrogen (secondary N) is 1. The molecular formula is C28H30F2N2O5S. The minimum atomic E-state index is -1.39. The zero-order valence-corrected chi connectivity index (χ0v) is 22.3. The number of methoxy groups -OCH3 is 1. The highest BCUT2D eigenvalue weighted by Crippen LogP contribution is 2.34. The van der Waals surface area contributed by atoms with Crippen LogP contribution in [-0.2, 0) is 40.1 Å². The van der Waals surface area contributed by atoms with E-state index in [4.69, 9.17) is 13.9 Å². The molecule has 4 rings (SSSR count). The van der Waals surface area contributed by atoms with Gasteiger partial charge in [0.2, 0.25) is 0 Å². The molecule has 7 nitrogen and oxygen atoms in total. The molecule has 202 valence electrons. The number of esters is 1. The predicted octanol–water partition coefficient (Wildman–Crippen LogP) is 5.87. The number of rotatable bonds is 9. The Morgan fingerprint density at radius 3 is 2.66 bits per heavy atom. The number of carbonyl (C=O) groups excluding carboxylic acids is 1. The summed E-state index contributed by atoms with van der Waals surface area (Å²) >= 11 is 0. The van der Waals surface area contributed by atoms with E-state index in [-0.39, 0.29) is 32.3 Å². The van der Waals surface area contributed by atoms with Crippen LogP contribution in [0.2, 0.25) is 0 Å². The second kappa shape index (κ2) is 11.4. The first kappa shape index (κ1) is 27.4. The number of ether oxygens (including phenoxy) is 2. The molecule has 1 N–H and O–H groups in total. The smallest absolute Gasteiger partial charge is 0.310 e. The van der Waals surface area contributed by atoms with Gasteiger partial charge in [0.15, 0.2) is 5.82 Å². The van der Waals surface area contributed by atoms with Crippen LogP contribution in [-0.4, -0.2) is 27.0 Å². The summed E-state index contributed by atoms with van der Waals surface area (Å²) in [7, 11) is -0.132. The first-order valence-corrected chi connectivity index (χ1v) is 13.0. The van der Waals surface area contributed by atoms with Crippen molar-refractivity contribution in [2.75, 3.05) is 7.11 Å². The summed E-state index contributed by atoms with van der Waals surface area (Å²) in [5.41, 5.74) is 2.44. The van der Waals surface area contributed by atoms with Crippen molar-refractivity contribution in [2.24, 2.45) is 0 Å². The Hall–Kier alpha value is -3.63. The maximum Gasteiger partial charge on any atom is 0.310 e. The number of hydrogen-bond acceptors (Lipinski definition) is 6. The minimum absolute atomic E-state index is 0. The molecule has 10 heteroatoms. The first-order chi connectivity index (χ1) is 18.1. The third kappa shape index (κ3) is 6.25. The van der Waals surface area contributed by atoms with Gasteiger partial charge in [-0.3, -0.25) is 9.78 Å². The zero-order chi connectivity index (χ0) is 27.4. The Bertz CT molecular complexity index is 1500. The number of fused-ring (bicyclic) bond motifs is 1. The van der Waals surface area contributed by atoms with Crippen molar-refractivity contribution in [2.45, 2.75) is 45.1 Å². The molecule has 38 heavy (non-hydrogen) atoms. The van der Waals surface area contributed by atoms with Crippen LogP contribution < -0.4 is 9.46 Å². The molecular weight excluding hydrogens is 514 g/mol. The van der Waals surface area contributed by atoms with Crippen LogP contribution in [0.5, 0.6) is 5.75 Å². The highest BCUT2D eigenvalue weighted by atomic mass is 32.2. The fraction of sp³-hybridized carbons (Fsp3) is 0.286. The summed E-state index contributed by atoms with van der Waals surface area (Å²) in [6, 6.07) is 10.8. The lowest BCUT2D eigenvalue weighted by atomic mass is 10.00. The third-order valence-corrected chi connectivity index (χ3v) is 7.29. The number of benzene rings is 2. The summed E-state index contributed by atoms with van der Waals surface area (Å²) in [5.74, 6) is -1.24. The molecule has 0 fully saturated rings. The molecule has 2 aromatic carbocycles. The Labute approximate surface area is 223 Å². The largest absolute Gasteiger partial charge is 0.489 e. The number of halogens is 2. The zero-order valence-electron chi connectivity index (χ0n) is 21.5. The van der Waals surface area contributed by atoms with Gasteiger partial charge in [-0.2, -0.15) is 0 Å². The lowest BCUT2D eigenvalue weighted by Gasteiger charge is -2.18. The minimum Gasteiger partial charge on any atom is -0.489 e. The number of hydrogen-bond donors (Lipinski definition) is 1. The van der Waals surface area contributed by atoms with Crippen LogP contribution in [0.15, 0.2) is 59.3 Å². The van der Waals surface area contributed by atoms with Gasteiger partial charge in [0.25, 0.3) is 0 Å². The Morgan fingerprint density at radius 2 is 1.92 bits per heavy atom. The lowest BCUT2D eigenvalue weighted by molar-refractivity contribution is -0.139. The summed E-state index contributed by atoms with van der Waals surface area (Å²) < 4.78 is 60.4. The van der Waals surface area contributed by atoms with Gasteiger partial charge in [0, 0.05) is 29.7 Å². The predicted molar refractivity (Wildman–Crippen MR) is 143 cm³/mol. The normalized spacial score (nSPS) is 12.5. The third-order valence-electron chi connectivity index (χ3n) is 5.77. The monoisotopic (exact) mass is 544 g/mol. The number of pyridine rings is 1. The highest BCUT2D eigenvalue weighted by Gasteiger charge is 2.21. The molecule has 4 aromatic rings. The molecule has 2 aromatic heterocycles. The topological polar surface area (TPSA) is 90.7 Å². The van der Waals surface area contributed by atoms with Crippen LogP contribution in [0.1, 0.15) is 39.0 Å². The molecule has 0 aliphatic rings. The molecule has 1 atom stereocenters. The molecule has 0 radical (unpaired) electrons. The number of nitrogens with zero attached hydrogens (tertiary/aromatic N) is 1. The maximum absolute atomic E-state index is 15.6. The first-order valence-electron chi connectivity index (χ1n) is 11.8. The van der Waals surface area contributed by atoms with E-state index >= 15 is 4.39 Å². The average molecular weight is 545 g/mol. The average Bonchev–Trinajstić information content (AvgIpc) is 3.35. The standard InChI is InChI=1S/C28H28F2N2O5S.H2/c1-28(2,3)38(34)32-15-23-26(30)21(7-9-31-23)22-12-17(11-18-8-10-36-27(18)22)16-37-24-6-5-20(29)13-19(24)14-25(33)35-4;/h5-13,32H,14-16H2,1-4H3;1H. The Morgan fingerprint density at radius 1 is 1.13 bits per heavy atom.